The van der Waals surface area contributed by atoms with E-state index in [1.54, 1.807) is 30.2 Å². The summed E-state index contributed by atoms with van der Waals surface area (Å²) in [5, 5.41) is 17.5. The van der Waals surface area contributed by atoms with Gasteiger partial charge in [0, 0.05) is 43.4 Å². The van der Waals surface area contributed by atoms with Gasteiger partial charge < -0.3 is 30.1 Å². The number of carbonyl (C=O) groups excluding carboxylic acids is 2. The molecule has 40 heavy (non-hydrogen) atoms. The van der Waals surface area contributed by atoms with Crippen LogP contribution in [0.4, 0.5) is 5.69 Å². The lowest BCUT2D eigenvalue weighted by Gasteiger charge is -2.26. The molecule has 0 saturated carbocycles. The van der Waals surface area contributed by atoms with E-state index in [0.717, 1.165) is 23.3 Å². The zero-order chi connectivity index (χ0) is 28.5. The third kappa shape index (κ3) is 8.07. The van der Waals surface area contributed by atoms with Crippen LogP contribution in [0.3, 0.4) is 0 Å². The Balaban J connectivity index is 1.51. The normalized spacial score (nSPS) is 14.7. The summed E-state index contributed by atoms with van der Waals surface area (Å²) >= 11 is 0. The number of ether oxygens (including phenoxy) is 2. The molecule has 0 aliphatic carbocycles. The first kappa shape index (κ1) is 29.1. The van der Waals surface area contributed by atoms with E-state index >= 15 is 0 Å². The topological polar surface area (TPSA) is 100 Å². The quantitative estimate of drug-likeness (QED) is 0.299. The van der Waals surface area contributed by atoms with Crippen LogP contribution in [0.2, 0.25) is 0 Å². The van der Waals surface area contributed by atoms with Crippen molar-refractivity contribution in [2.45, 2.75) is 57.9 Å². The zero-order valence-electron chi connectivity index (χ0n) is 23.4. The van der Waals surface area contributed by atoms with Crippen molar-refractivity contribution in [2.24, 2.45) is 0 Å². The van der Waals surface area contributed by atoms with Crippen molar-refractivity contribution in [3.05, 3.63) is 89.5 Å². The monoisotopic (exact) mass is 545 g/mol. The standard InChI is InChI=1S/C32H39N3O5/c1-22(2)40-28-18-25(17-26(19-28)35-14-8-13-31(35)37)32(38)34-29(16-23-9-5-4-6-10-23)30(36)21-33-20-24-11-7-12-27(15-24)39-3/h4-7,9-12,15,17-19,22,29-30,33,36H,8,13-14,16,20-21H2,1-3H3,(H,34,38)/t29-,30-/m0/s1. The summed E-state index contributed by atoms with van der Waals surface area (Å²) in [5.41, 5.74) is 3.05. The highest BCUT2D eigenvalue weighted by Gasteiger charge is 2.26. The Labute approximate surface area is 236 Å². The van der Waals surface area contributed by atoms with E-state index in [1.165, 1.54) is 0 Å². The van der Waals surface area contributed by atoms with E-state index in [1.807, 2.05) is 68.4 Å². The maximum absolute atomic E-state index is 13.6. The minimum absolute atomic E-state index is 0.0348. The third-order valence-electron chi connectivity index (χ3n) is 6.81. The lowest BCUT2D eigenvalue weighted by atomic mass is 10.00. The highest BCUT2D eigenvalue weighted by molar-refractivity contribution is 5.99. The molecule has 8 nitrogen and oxygen atoms in total. The van der Waals surface area contributed by atoms with Gasteiger partial charge in [-0.2, -0.15) is 0 Å². The van der Waals surface area contributed by atoms with Gasteiger partial charge in [0.15, 0.2) is 0 Å². The van der Waals surface area contributed by atoms with E-state index in [2.05, 4.69) is 10.6 Å². The molecule has 1 heterocycles. The van der Waals surface area contributed by atoms with Crippen LogP contribution in [0.1, 0.15) is 48.2 Å². The van der Waals surface area contributed by atoms with Gasteiger partial charge in [0.1, 0.15) is 11.5 Å². The number of carbonyl (C=O) groups is 2. The molecule has 1 aliphatic rings. The van der Waals surface area contributed by atoms with E-state index < -0.39 is 12.1 Å². The number of nitrogens with zero attached hydrogens (tertiary/aromatic N) is 1. The molecule has 0 spiro atoms. The molecule has 212 valence electrons. The third-order valence-corrected chi connectivity index (χ3v) is 6.81. The Kier molecular flexibility index (Phi) is 10.2. The Bertz CT molecular complexity index is 1280. The van der Waals surface area contributed by atoms with Crippen LogP contribution in [0.25, 0.3) is 0 Å². The van der Waals surface area contributed by atoms with Gasteiger partial charge in [-0.05, 0) is 62.1 Å². The van der Waals surface area contributed by atoms with Crippen LogP contribution in [-0.2, 0) is 17.8 Å². The second-order valence-electron chi connectivity index (χ2n) is 10.4. The number of aliphatic hydroxyl groups excluding tert-OH is 1. The van der Waals surface area contributed by atoms with E-state index in [0.29, 0.717) is 42.9 Å². The van der Waals surface area contributed by atoms with Crippen molar-refractivity contribution < 1.29 is 24.2 Å². The van der Waals surface area contributed by atoms with Crippen LogP contribution in [-0.4, -0.2) is 55.4 Å². The number of aliphatic hydroxyl groups is 1. The molecule has 8 heteroatoms. The molecule has 1 saturated heterocycles. The molecule has 0 unspecified atom stereocenters. The zero-order valence-corrected chi connectivity index (χ0v) is 23.4. The van der Waals surface area contributed by atoms with Crippen molar-refractivity contribution in [3.8, 4) is 11.5 Å². The average Bonchev–Trinajstić information content (AvgIpc) is 3.38. The number of nitrogens with one attached hydrogen (secondary N) is 2. The number of anilines is 1. The summed E-state index contributed by atoms with van der Waals surface area (Å²) < 4.78 is 11.2. The van der Waals surface area contributed by atoms with Gasteiger partial charge >= 0.3 is 0 Å². The van der Waals surface area contributed by atoms with Gasteiger partial charge in [0.25, 0.3) is 5.91 Å². The molecule has 2 amide bonds. The lowest BCUT2D eigenvalue weighted by molar-refractivity contribution is -0.117. The number of amides is 2. The smallest absolute Gasteiger partial charge is 0.251 e. The highest BCUT2D eigenvalue weighted by atomic mass is 16.5. The van der Waals surface area contributed by atoms with Gasteiger partial charge in [0.2, 0.25) is 5.91 Å². The SMILES string of the molecule is COc1cccc(CNC[C@H](O)[C@H](Cc2ccccc2)NC(=O)c2cc(OC(C)C)cc(N3CCCC3=O)c2)c1. The van der Waals surface area contributed by atoms with Crippen molar-refractivity contribution in [2.75, 3.05) is 25.1 Å². The van der Waals surface area contributed by atoms with Crippen LogP contribution in [0.5, 0.6) is 11.5 Å². The fourth-order valence-corrected chi connectivity index (χ4v) is 4.82. The van der Waals surface area contributed by atoms with Crippen LogP contribution in [0.15, 0.2) is 72.8 Å². The van der Waals surface area contributed by atoms with E-state index in [-0.39, 0.29) is 24.5 Å². The summed E-state index contributed by atoms with van der Waals surface area (Å²) in [6, 6.07) is 22.2. The molecule has 3 aromatic rings. The number of hydrogen-bond donors (Lipinski definition) is 3. The lowest BCUT2D eigenvalue weighted by Crippen LogP contribution is -2.48. The summed E-state index contributed by atoms with van der Waals surface area (Å²) in [7, 11) is 1.63. The Morgan fingerprint density at radius 2 is 1.77 bits per heavy atom. The number of hydrogen-bond acceptors (Lipinski definition) is 6. The molecule has 1 fully saturated rings. The minimum atomic E-state index is -0.857. The van der Waals surface area contributed by atoms with E-state index in [4.69, 9.17) is 9.47 Å². The fraction of sp³-hybridized carbons (Fsp3) is 0.375. The molecule has 1 aliphatic heterocycles. The molecule has 0 bridgehead atoms. The molecule has 0 radical (unpaired) electrons. The molecule has 2 atom stereocenters. The average molecular weight is 546 g/mol. The molecular weight excluding hydrogens is 506 g/mol. The van der Waals surface area contributed by atoms with Crippen molar-refractivity contribution in [1.82, 2.24) is 10.6 Å². The number of benzene rings is 3. The fourth-order valence-electron chi connectivity index (χ4n) is 4.82. The molecule has 3 aromatic carbocycles. The molecular formula is C32H39N3O5. The van der Waals surface area contributed by atoms with Crippen LogP contribution < -0.4 is 25.0 Å². The first-order chi connectivity index (χ1) is 19.3. The van der Waals surface area contributed by atoms with Crippen molar-refractivity contribution in [1.29, 1.82) is 0 Å². The van der Waals surface area contributed by atoms with Crippen LogP contribution in [0, 0.1) is 0 Å². The second kappa shape index (κ2) is 14.0. The predicted octanol–water partition coefficient (Wildman–Crippen LogP) is 4.10. The Morgan fingerprint density at radius 1 is 1.00 bits per heavy atom. The number of rotatable bonds is 13. The van der Waals surface area contributed by atoms with Gasteiger partial charge in [-0.15, -0.1) is 0 Å². The predicted molar refractivity (Wildman–Crippen MR) is 156 cm³/mol. The summed E-state index contributed by atoms with van der Waals surface area (Å²) in [5.74, 6) is 0.993. The van der Waals surface area contributed by atoms with Gasteiger partial charge in [0.05, 0.1) is 25.4 Å². The van der Waals surface area contributed by atoms with Gasteiger partial charge in [-0.1, -0.05) is 42.5 Å². The Hall–Kier alpha value is -3.88. The van der Waals surface area contributed by atoms with Crippen molar-refractivity contribution in [3.63, 3.8) is 0 Å². The maximum atomic E-state index is 13.6. The summed E-state index contributed by atoms with van der Waals surface area (Å²) in [4.78, 5) is 27.7. The number of methoxy groups -OCH3 is 1. The van der Waals surface area contributed by atoms with Gasteiger partial charge in [-0.25, -0.2) is 0 Å². The maximum Gasteiger partial charge on any atom is 0.251 e. The minimum Gasteiger partial charge on any atom is -0.497 e. The Morgan fingerprint density at radius 3 is 2.48 bits per heavy atom. The first-order valence-electron chi connectivity index (χ1n) is 13.8. The first-order valence-corrected chi connectivity index (χ1v) is 13.8. The largest absolute Gasteiger partial charge is 0.497 e. The van der Waals surface area contributed by atoms with Gasteiger partial charge in [-0.3, -0.25) is 9.59 Å². The molecule has 0 aromatic heterocycles. The van der Waals surface area contributed by atoms with Crippen molar-refractivity contribution >= 4 is 17.5 Å². The van der Waals surface area contributed by atoms with Crippen LogP contribution >= 0.6 is 0 Å². The van der Waals surface area contributed by atoms with E-state index in [9.17, 15) is 14.7 Å². The highest BCUT2D eigenvalue weighted by Crippen LogP contribution is 2.28. The molecule has 4 rings (SSSR count). The summed E-state index contributed by atoms with van der Waals surface area (Å²) in [6.07, 6.45) is 0.774. The summed E-state index contributed by atoms with van der Waals surface area (Å²) in [6.45, 7) is 5.26. The second-order valence-corrected chi connectivity index (χ2v) is 10.4. The molecule has 3 N–H and O–H groups in total.